The summed E-state index contributed by atoms with van der Waals surface area (Å²) in [5.74, 6) is -2.30. The Morgan fingerprint density at radius 1 is 1.32 bits per heavy atom. The zero-order chi connectivity index (χ0) is 16.5. The number of ether oxygens (including phenoxy) is 2. The normalized spacial score (nSPS) is 10.9. The van der Waals surface area contributed by atoms with Gasteiger partial charge in [-0.05, 0) is 19.9 Å². The first-order valence-corrected chi connectivity index (χ1v) is 7.03. The van der Waals surface area contributed by atoms with Crippen molar-refractivity contribution in [2.75, 3.05) is 13.2 Å². The number of hydrogen-bond donors (Lipinski definition) is 1. The topological polar surface area (TPSA) is 89.1 Å². The van der Waals surface area contributed by atoms with Crippen LogP contribution in [0.1, 0.15) is 25.1 Å². The number of aryl methyl sites for hydroxylation is 1. The summed E-state index contributed by atoms with van der Waals surface area (Å²) >= 11 is 0. The predicted molar refractivity (Wildman–Crippen MR) is 77.5 cm³/mol. The molecule has 7 nitrogen and oxygen atoms in total. The molecule has 0 bridgehead atoms. The smallest absolute Gasteiger partial charge is 0.320 e. The first-order valence-electron chi connectivity index (χ1n) is 7.03. The highest BCUT2D eigenvalue weighted by Crippen LogP contribution is 2.14. The maximum atomic E-state index is 12.0. The molecular formula is C15H21N2O5+. The van der Waals surface area contributed by atoms with Crippen molar-refractivity contribution in [3.05, 3.63) is 29.6 Å². The maximum absolute atomic E-state index is 12.0. The zero-order valence-corrected chi connectivity index (χ0v) is 13.0. The molecule has 22 heavy (non-hydrogen) atoms. The van der Waals surface area contributed by atoms with Crippen LogP contribution in [0.5, 0.6) is 0 Å². The summed E-state index contributed by atoms with van der Waals surface area (Å²) in [4.78, 5) is 24.0. The standard InChI is InChI=1S/C15H20N2O5/c1-4-21-14(18)12(15(19)22-5-2)9-11-7-6-8-17(3)13(11)10-16-20/h6-8,10,12H,4-5,9H2,1-3H3/p+1. The van der Waals surface area contributed by atoms with Crippen molar-refractivity contribution < 1.29 is 28.8 Å². The zero-order valence-electron chi connectivity index (χ0n) is 13.0. The van der Waals surface area contributed by atoms with Crippen LogP contribution in [0.3, 0.4) is 0 Å². The highest BCUT2D eigenvalue weighted by molar-refractivity contribution is 5.95. The second kappa shape index (κ2) is 8.76. The van der Waals surface area contributed by atoms with E-state index in [1.807, 2.05) is 0 Å². The average Bonchev–Trinajstić information content (AvgIpc) is 2.48. The molecule has 7 heteroatoms. The quantitative estimate of drug-likeness (QED) is 0.199. The van der Waals surface area contributed by atoms with Gasteiger partial charge in [0.2, 0.25) is 5.69 Å². The molecule has 0 saturated heterocycles. The Hall–Kier alpha value is -2.44. The van der Waals surface area contributed by atoms with Gasteiger partial charge in [-0.3, -0.25) is 9.59 Å². The van der Waals surface area contributed by atoms with E-state index in [4.69, 9.17) is 14.7 Å². The molecule has 0 atom stereocenters. The van der Waals surface area contributed by atoms with E-state index in [1.54, 1.807) is 43.8 Å². The van der Waals surface area contributed by atoms with Crippen LogP contribution in [0, 0.1) is 5.92 Å². The Balaban J connectivity index is 3.11. The number of pyridine rings is 1. The number of nitrogens with zero attached hydrogens (tertiary/aromatic N) is 2. The summed E-state index contributed by atoms with van der Waals surface area (Å²) in [7, 11) is 1.77. The average molecular weight is 309 g/mol. The lowest BCUT2D eigenvalue weighted by molar-refractivity contribution is -0.672. The van der Waals surface area contributed by atoms with E-state index in [9.17, 15) is 9.59 Å². The third-order valence-electron chi connectivity index (χ3n) is 3.06. The highest BCUT2D eigenvalue weighted by atomic mass is 16.6. The molecule has 1 N–H and O–H groups in total. The Kier molecular flexibility index (Phi) is 7.01. The Morgan fingerprint density at radius 2 is 1.91 bits per heavy atom. The first kappa shape index (κ1) is 17.6. The summed E-state index contributed by atoms with van der Waals surface area (Å²) in [6.45, 7) is 3.71. The molecule has 0 amide bonds. The molecule has 0 aromatic carbocycles. The number of carbonyl (C=O) groups excluding carboxylic acids is 2. The van der Waals surface area contributed by atoms with E-state index < -0.39 is 17.9 Å². The van der Waals surface area contributed by atoms with Crippen molar-refractivity contribution in [1.82, 2.24) is 0 Å². The molecule has 1 heterocycles. The minimum Gasteiger partial charge on any atom is -0.465 e. The van der Waals surface area contributed by atoms with Gasteiger partial charge in [0.1, 0.15) is 13.3 Å². The SMILES string of the molecule is CCOC(=O)C(Cc1ccc[n+](C)c1/C=N/O)C(=O)OCC. The molecular weight excluding hydrogens is 288 g/mol. The Labute approximate surface area is 129 Å². The van der Waals surface area contributed by atoms with Gasteiger partial charge < -0.3 is 14.7 Å². The van der Waals surface area contributed by atoms with Crippen LogP contribution >= 0.6 is 0 Å². The fraction of sp³-hybridized carbons (Fsp3) is 0.467. The van der Waals surface area contributed by atoms with Crippen LogP contribution in [0.2, 0.25) is 0 Å². The van der Waals surface area contributed by atoms with Gasteiger partial charge in [0, 0.05) is 18.1 Å². The van der Waals surface area contributed by atoms with E-state index in [2.05, 4.69) is 5.16 Å². The summed E-state index contributed by atoms with van der Waals surface area (Å²) < 4.78 is 11.6. The van der Waals surface area contributed by atoms with E-state index in [0.717, 1.165) is 0 Å². The van der Waals surface area contributed by atoms with E-state index in [1.165, 1.54) is 6.21 Å². The van der Waals surface area contributed by atoms with Crippen LogP contribution in [-0.4, -0.2) is 36.6 Å². The minimum atomic E-state index is -1.05. The Morgan fingerprint density at radius 3 is 2.41 bits per heavy atom. The van der Waals surface area contributed by atoms with Crippen LogP contribution in [0.25, 0.3) is 0 Å². The van der Waals surface area contributed by atoms with E-state index >= 15 is 0 Å². The molecule has 1 aromatic rings. The van der Waals surface area contributed by atoms with Crippen molar-refractivity contribution in [2.45, 2.75) is 20.3 Å². The molecule has 0 radical (unpaired) electrons. The fourth-order valence-corrected chi connectivity index (χ4v) is 2.05. The lowest BCUT2D eigenvalue weighted by Gasteiger charge is -2.14. The monoisotopic (exact) mass is 309 g/mol. The number of aromatic nitrogens is 1. The van der Waals surface area contributed by atoms with Crippen LogP contribution in [0.15, 0.2) is 23.5 Å². The summed E-state index contributed by atoms with van der Waals surface area (Å²) in [6, 6.07) is 3.53. The second-order valence-corrected chi connectivity index (χ2v) is 4.53. The molecule has 0 aliphatic rings. The Bertz CT molecular complexity index is 539. The predicted octanol–water partition coefficient (Wildman–Crippen LogP) is 0.604. The van der Waals surface area contributed by atoms with Gasteiger partial charge in [-0.25, -0.2) is 0 Å². The molecule has 1 rings (SSSR count). The van der Waals surface area contributed by atoms with Gasteiger partial charge in [-0.15, -0.1) is 0 Å². The molecule has 0 aliphatic heterocycles. The van der Waals surface area contributed by atoms with Gasteiger partial charge in [-0.1, -0.05) is 5.16 Å². The van der Waals surface area contributed by atoms with Crippen molar-refractivity contribution in [1.29, 1.82) is 0 Å². The number of carbonyl (C=O) groups is 2. The molecule has 0 fully saturated rings. The maximum Gasteiger partial charge on any atom is 0.320 e. The third-order valence-corrected chi connectivity index (χ3v) is 3.06. The lowest BCUT2D eigenvalue weighted by atomic mass is 9.98. The molecule has 120 valence electrons. The van der Waals surface area contributed by atoms with Crippen LogP contribution in [0.4, 0.5) is 0 Å². The van der Waals surface area contributed by atoms with Crippen molar-refractivity contribution in [3.63, 3.8) is 0 Å². The molecule has 0 aliphatic carbocycles. The number of oxime groups is 1. The minimum absolute atomic E-state index is 0.105. The first-order chi connectivity index (χ1) is 10.5. The highest BCUT2D eigenvalue weighted by Gasteiger charge is 2.31. The fourth-order valence-electron chi connectivity index (χ4n) is 2.05. The number of esters is 2. The number of hydrogen-bond acceptors (Lipinski definition) is 6. The van der Waals surface area contributed by atoms with Crippen molar-refractivity contribution in [3.8, 4) is 0 Å². The van der Waals surface area contributed by atoms with Crippen molar-refractivity contribution >= 4 is 18.2 Å². The van der Waals surface area contributed by atoms with Crippen molar-refractivity contribution in [2.24, 2.45) is 18.1 Å². The number of rotatable bonds is 7. The molecule has 0 spiro atoms. The van der Waals surface area contributed by atoms with Gasteiger partial charge >= 0.3 is 11.9 Å². The van der Waals surface area contributed by atoms with Gasteiger partial charge in [0.25, 0.3) is 0 Å². The van der Waals surface area contributed by atoms with Gasteiger partial charge in [0.05, 0.1) is 13.2 Å². The molecule has 1 aromatic heterocycles. The largest absolute Gasteiger partial charge is 0.465 e. The summed E-state index contributed by atoms with van der Waals surface area (Å²) in [5, 5.41) is 11.8. The van der Waals surface area contributed by atoms with Gasteiger partial charge in [0.15, 0.2) is 12.1 Å². The van der Waals surface area contributed by atoms with E-state index in [-0.39, 0.29) is 19.6 Å². The summed E-state index contributed by atoms with van der Waals surface area (Å²) in [6.07, 6.45) is 3.13. The summed E-state index contributed by atoms with van der Waals surface area (Å²) in [5.41, 5.74) is 1.26. The lowest BCUT2D eigenvalue weighted by Crippen LogP contribution is -2.36. The molecule has 0 saturated carbocycles. The van der Waals surface area contributed by atoms with Crippen LogP contribution in [-0.2, 0) is 32.5 Å². The van der Waals surface area contributed by atoms with Crippen LogP contribution < -0.4 is 4.57 Å². The van der Waals surface area contributed by atoms with Gasteiger partial charge in [-0.2, -0.15) is 4.57 Å². The van der Waals surface area contributed by atoms with E-state index in [0.29, 0.717) is 11.3 Å². The molecule has 0 unspecified atom stereocenters. The second-order valence-electron chi connectivity index (χ2n) is 4.53. The third kappa shape index (κ3) is 4.54.